The fourth-order valence-electron chi connectivity index (χ4n) is 2.47. The Morgan fingerprint density at radius 1 is 0.800 bits per heavy atom. The Morgan fingerprint density at radius 2 is 1.36 bits per heavy atom. The highest BCUT2D eigenvalue weighted by Crippen LogP contribution is 2.10. The number of ether oxygens (including phenoxy) is 1. The van der Waals surface area contributed by atoms with E-state index in [1.807, 2.05) is 0 Å². The third-order valence-corrected chi connectivity index (χ3v) is 4.07. The lowest BCUT2D eigenvalue weighted by Gasteiger charge is -2.03. The largest absolute Gasteiger partial charge is 0.465 e. The molecule has 0 rings (SSSR count). The molecule has 0 radical (unpaired) electrons. The topological polar surface area (TPSA) is 26.3 Å². The summed E-state index contributed by atoms with van der Waals surface area (Å²) in [5, 5.41) is 0. The molecular formula is C22H38O2S. The van der Waals surface area contributed by atoms with Gasteiger partial charge in [0.05, 0.1) is 0 Å². The lowest BCUT2D eigenvalue weighted by molar-refractivity contribution is -0.143. The average Bonchev–Trinajstić information content (AvgIpc) is 2.62. The van der Waals surface area contributed by atoms with Gasteiger partial charge in [-0.05, 0) is 38.5 Å². The van der Waals surface area contributed by atoms with Gasteiger partial charge >= 0.3 is 5.97 Å². The first kappa shape index (κ1) is 24.0. The summed E-state index contributed by atoms with van der Waals surface area (Å²) in [7, 11) is 0. The third kappa shape index (κ3) is 21.0. The number of thiol groups is 1. The van der Waals surface area contributed by atoms with Gasteiger partial charge in [-0.1, -0.05) is 75.5 Å². The molecule has 0 aromatic heterocycles. The third-order valence-electron chi connectivity index (χ3n) is 3.89. The van der Waals surface area contributed by atoms with Crippen LogP contribution in [0.15, 0.2) is 36.5 Å². The van der Waals surface area contributed by atoms with Crippen LogP contribution in [-0.4, -0.2) is 18.3 Å². The summed E-state index contributed by atoms with van der Waals surface area (Å²) in [5.41, 5.74) is 0. The number of hydrogen-bond donors (Lipinski definition) is 1. The van der Waals surface area contributed by atoms with Gasteiger partial charge in [0.1, 0.15) is 6.61 Å². The van der Waals surface area contributed by atoms with E-state index in [-0.39, 0.29) is 5.97 Å². The quantitative estimate of drug-likeness (QED) is 0.132. The molecule has 0 aliphatic carbocycles. The number of hydrogen-bond acceptors (Lipinski definition) is 3. The molecule has 25 heavy (non-hydrogen) atoms. The molecule has 0 aliphatic heterocycles. The number of rotatable bonds is 17. The van der Waals surface area contributed by atoms with Gasteiger partial charge in [0.15, 0.2) is 0 Å². The van der Waals surface area contributed by atoms with E-state index in [4.69, 9.17) is 4.74 Å². The van der Waals surface area contributed by atoms with E-state index in [2.05, 4.69) is 56.0 Å². The zero-order chi connectivity index (χ0) is 18.4. The second-order valence-corrected chi connectivity index (χ2v) is 6.70. The van der Waals surface area contributed by atoms with Crippen molar-refractivity contribution in [2.24, 2.45) is 0 Å². The number of allylic oxidation sites excluding steroid dienone is 6. The van der Waals surface area contributed by atoms with Crippen molar-refractivity contribution in [3.8, 4) is 0 Å². The van der Waals surface area contributed by atoms with Crippen LogP contribution in [0.2, 0.25) is 0 Å². The summed E-state index contributed by atoms with van der Waals surface area (Å²) in [6.45, 7) is 2.59. The van der Waals surface area contributed by atoms with Gasteiger partial charge in [-0.2, -0.15) is 12.6 Å². The lowest BCUT2D eigenvalue weighted by Crippen LogP contribution is -2.06. The molecule has 144 valence electrons. The van der Waals surface area contributed by atoms with Crippen LogP contribution in [0.4, 0.5) is 0 Å². The Balaban J connectivity index is 3.24. The Morgan fingerprint density at radius 3 is 2.00 bits per heavy atom. The van der Waals surface area contributed by atoms with Crippen molar-refractivity contribution < 1.29 is 9.53 Å². The summed E-state index contributed by atoms with van der Waals surface area (Å²) in [4.78, 5) is 11.3. The molecule has 0 amide bonds. The van der Waals surface area contributed by atoms with E-state index >= 15 is 0 Å². The first-order valence-electron chi connectivity index (χ1n) is 10.0. The maximum atomic E-state index is 11.3. The summed E-state index contributed by atoms with van der Waals surface area (Å²) in [5.74, 6) is 0.530. The first-order valence-corrected chi connectivity index (χ1v) is 10.7. The summed E-state index contributed by atoms with van der Waals surface area (Å²) in [6.07, 6.45) is 27.0. The van der Waals surface area contributed by atoms with Crippen LogP contribution in [0.3, 0.4) is 0 Å². The van der Waals surface area contributed by atoms with E-state index in [9.17, 15) is 4.79 Å². The molecular weight excluding hydrogens is 328 g/mol. The Bertz CT molecular complexity index is 372. The predicted octanol–water partition coefficient (Wildman–Crippen LogP) is 6.83. The molecule has 0 fully saturated rings. The number of carbonyl (C=O) groups is 1. The molecule has 0 saturated heterocycles. The minimum atomic E-state index is -0.0758. The molecule has 0 saturated carbocycles. The molecule has 0 aliphatic rings. The van der Waals surface area contributed by atoms with Crippen LogP contribution in [0.25, 0.3) is 0 Å². The van der Waals surface area contributed by atoms with Gasteiger partial charge in [-0.25, -0.2) is 0 Å². The molecule has 0 aromatic rings. The van der Waals surface area contributed by atoms with Crippen LogP contribution >= 0.6 is 12.6 Å². The van der Waals surface area contributed by atoms with Gasteiger partial charge in [-0.3, -0.25) is 4.79 Å². The van der Waals surface area contributed by atoms with Gasteiger partial charge in [0.2, 0.25) is 0 Å². The molecule has 0 unspecified atom stereocenters. The minimum Gasteiger partial charge on any atom is -0.465 e. The molecule has 0 aromatic carbocycles. The highest BCUT2D eigenvalue weighted by atomic mass is 32.1. The standard InChI is InChI=1S/C22H38O2S/c1-2-3-4-5-6-7-8-9-10-11-12-13-14-15-16-17-18-19-22(23)24-20-21-25/h3-4,6-7,9-10,25H,2,5,8,11-21H2,1H3/b4-3+,7-6+,10-9+. The van der Waals surface area contributed by atoms with Crippen molar-refractivity contribution >= 4 is 18.6 Å². The molecule has 2 nitrogen and oxygen atoms in total. The fraction of sp³-hybridized carbons (Fsp3) is 0.682. The van der Waals surface area contributed by atoms with Gasteiger partial charge in [0.25, 0.3) is 0 Å². The molecule has 0 atom stereocenters. The number of unbranched alkanes of at least 4 members (excludes halogenated alkanes) is 7. The predicted molar refractivity (Wildman–Crippen MR) is 113 cm³/mol. The van der Waals surface area contributed by atoms with Crippen molar-refractivity contribution in [1.82, 2.24) is 0 Å². The van der Waals surface area contributed by atoms with E-state index < -0.39 is 0 Å². The minimum absolute atomic E-state index is 0.0758. The maximum Gasteiger partial charge on any atom is 0.305 e. The van der Waals surface area contributed by atoms with Crippen molar-refractivity contribution in [3.63, 3.8) is 0 Å². The summed E-state index contributed by atoms with van der Waals surface area (Å²) < 4.78 is 4.99. The van der Waals surface area contributed by atoms with Gasteiger partial charge in [0, 0.05) is 12.2 Å². The monoisotopic (exact) mass is 366 g/mol. The summed E-state index contributed by atoms with van der Waals surface area (Å²) in [6, 6.07) is 0. The van der Waals surface area contributed by atoms with Crippen LogP contribution in [-0.2, 0) is 9.53 Å². The first-order chi connectivity index (χ1) is 12.3. The van der Waals surface area contributed by atoms with Crippen LogP contribution in [0.1, 0.15) is 84.0 Å². The number of carbonyl (C=O) groups excluding carboxylic acids is 1. The van der Waals surface area contributed by atoms with Crippen molar-refractivity contribution in [3.05, 3.63) is 36.5 Å². The van der Waals surface area contributed by atoms with Gasteiger partial charge < -0.3 is 4.74 Å². The van der Waals surface area contributed by atoms with Crippen LogP contribution in [0, 0.1) is 0 Å². The molecule has 0 N–H and O–H groups in total. The highest BCUT2D eigenvalue weighted by Gasteiger charge is 2.01. The van der Waals surface area contributed by atoms with Gasteiger partial charge in [-0.15, -0.1) is 0 Å². The Labute approximate surface area is 161 Å². The average molecular weight is 367 g/mol. The second kappa shape index (κ2) is 21.1. The van der Waals surface area contributed by atoms with Crippen LogP contribution < -0.4 is 0 Å². The number of esters is 1. The Kier molecular flexibility index (Phi) is 20.3. The molecule has 0 spiro atoms. The van der Waals surface area contributed by atoms with Crippen molar-refractivity contribution in [2.75, 3.05) is 12.4 Å². The zero-order valence-corrected chi connectivity index (χ0v) is 17.0. The second-order valence-electron chi connectivity index (χ2n) is 6.25. The molecule has 0 heterocycles. The SMILES string of the molecule is CC/C=C/C/C=C/C/C=C/CCCCCCCCCC(=O)OCCS. The maximum absolute atomic E-state index is 11.3. The lowest BCUT2D eigenvalue weighted by atomic mass is 10.1. The molecule has 3 heteroatoms. The van der Waals surface area contributed by atoms with Crippen LogP contribution in [0.5, 0.6) is 0 Å². The van der Waals surface area contributed by atoms with E-state index in [1.165, 1.54) is 38.5 Å². The zero-order valence-electron chi connectivity index (χ0n) is 16.1. The Hall–Kier alpha value is -0.960. The molecule has 0 bridgehead atoms. The van der Waals surface area contributed by atoms with E-state index in [1.54, 1.807) is 0 Å². The smallest absolute Gasteiger partial charge is 0.305 e. The van der Waals surface area contributed by atoms with E-state index in [0.29, 0.717) is 18.8 Å². The highest BCUT2D eigenvalue weighted by molar-refractivity contribution is 7.80. The van der Waals surface area contributed by atoms with E-state index in [0.717, 1.165) is 32.1 Å². The summed E-state index contributed by atoms with van der Waals surface area (Å²) >= 11 is 4.02. The van der Waals surface area contributed by atoms with Crippen molar-refractivity contribution in [2.45, 2.75) is 84.0 Å². The van der Waals surface area contributed by atoms with Crippen molar-refractivity contribution in [1.29, 1.82) is 0 Å². The normalized spacial score (nSPS) is 11.9. The fourth-order valence-corrected chi connectivity index (χ4v) is 2.56.